The van der Waals surface area contributed by atoms with Gasteiger partial charge in [0.15, 0.2) is 0 Å². The van der Waals surface area contributed by atoms with Gasteiger partial charge in [-0.1, -0.05) is 0 Å². The van der Waals surface area contributed by atoms with E-state index in [9.17, 15) is 0 Å². The summed E-state index contributed by atoms with van der Waals surface area (Å²) in [7, 11) is 0. The Bertz CT molecular complexity index is 474. The van der Waals surface area contributed by atoms with Crippen LogP contribution in [0, 0.1) is 0 Å². The van der Waals surface area contributed by atoms with Crippen LogP contribution < -0.4 is 10.7 Å². The second kappa shape index (κ2) is 1.88. The molecule has 0 atom stereocenters. The summed E-state index contributed by atoms with van der Waals surface area (Å²) in [5, 5.41) is 9.75. The summed E-state index contributed by atoms with van der Waals surface area (Å²) in [5.74, 6) is 0. The second-order valence-electron chi connectivity index (χ2n) is 2.76. The first-order chi connectivity index (χ1) is 5.93. The molecule has 0 saturated carbocycles. The molecule has 56 valence electrons. The van der Waals surface area contributed by atoms with Crippen molar-refractivity contribution in [2.24, 2.45) is 15.2 Å². The van der Waals surface area contributed by atoms with Crippen molar-refractivity contribution < 1.29 is 0 Å². The van der Waals surface area contributed by atoms with E-state index in [1.54, 1.807) is 12.4 Å². The van der Waals surface area contributed by atoms with E-state index in [0.717, 1.165) is 21.8 Å². The lowest BCUT2D eigenvalue weighted by molar-refractivity contribution is 1.17. The Labute approximate surface area is 68.5 Å². The van der Waals surface area contributed by atoms with Crippen molar-refractivity contribution in [3.05, 3.63) is 40.2 Å². The van der Waals surface area contributed by atoms with Crippen LogP contribution in [0.25, 0.3) is 6.08 Å². The van der Waals surface area contributed by atoms with Gasteiger partial charge in [-0.05, 0) is 18.2 Å². The summed E-state index contributed by atoms with van der Waals surface area (Å²) in [6.07, 6.45) is 5.53. The number of rotatable bonds is 0. The molecule has 0 bridgehead atoms. The highest BCUT2D eigenvalue weighted by Crippen LogP contribution is 2.01. The fourth-order valence-corrected chi connectivity index (χ4v) is 1.40. The van der Waals surface area contributed by atoms with E-state index in [1.807, 2.05) is 18.2 Å². The fraction of sp³-hybridized carbons (Fsp3) is 0. The monoisotopic (exact) mass is 155 g/mol. The maximum Gasteiger partial charge on any atom is 0.0952 e. The molecule has 12 heavy (non-hydrogen) atoms. The Morgan fingerprint density at radius 1 is 1.00 bits per heavy atom. The number of nitrogens with zero attached hydrogens (tertiary/aromatic N) is 3. The van der Waals surface area contributed by atoms with Gasteiger partial charge in [-0.3, -0.25) is 4.99 Å². The van der Waals surface area contributed by atoms with E-state index in [4.69, 9.17) is 0 Å². The lowest BCUT2D eigenvalue weighted by Gasteiger charge is -1.90. The first-order valence-electron chi connectivity index (χ1n) is 3.73. The zero-order valence-electron chi connectivity index (χ0n) is 6.23. The summed E-state index contributed by atoms with van der Waals surface area (Å²) < 4.78 is 0. The Morgan fingerprint density at radius 3 is 2.92 bits per heavy atom. The molecule has 0 fully saturated rings. The van der Waals surface area contributed by atoms with Crippen molar-refractivity contribution in [3.8, 4) is 0 Å². The predicted molar refractivity (Wildman–Crippen MR) is 45.4 cm³/mol. The molecule has 0 amide bonds. The Balaban J connectivity index is 2.50. The van der Waals surface area contributed by atoms with E-state index in [-0.39, 0.29) is 0 Å². The molecule has 0 aliphatic carbocycles. The number of fused-ring (bicyclic) bond motifs is 2. The molecular weight excluding hydrogens is 150 g/mol. The molecule has 0 N–H and O–H groups in total. The van der Waals surface area contributed by atoms with Crippen molar-refractivity contribution in [2.75, 3.05) is 0 Å². The first kappa shape index (κ1) is 5.83. The molecule has 1 aromatic carbocycles. The third-order valence-electron chi connectivity index (χ3n) is 2.01. The van der Waals surface area contributed by atoms with Crippen molar-refractivity contribution in [1.82, 2.24) is 0 Å². The maximum absolute atomic E-state index is 4.19. The third-order valence-corrected chi connectivity index (χ3v) is 2.01. The molecule has 2 aliphatic rings. The molecule has 1 aromatic rings. The molecule has 0 spiro atoms. The summed E-state index contributed by atoms with van der Waals surface area (Å²) in [6.45, 7) is 0. The maximum atomic E-state index is 4.19. The van der Waals surface area contributed by atoms with E-state index in [1.165, 1.54) is 0 Å². The van der Waals surface area contributed by atoms with Crippen molar-refractivity contribution in [3.63, 3.8) is 0 Å². The van der Waals surface area contributed by atoms with E-state index in [2.05, 4.69) is 15.2 Å². The van der Waals surface area contributed by atoms with Crippen LogP contribution in [0.4, 0.5) is 0 Å². The average molecular weight is 155 g/mol. The Morgan fingerprint density at radius 2 is 1.92 bits per heavy atom. The molecule has 3 rings (SSSR count). The highest BCUT2D eigenvalue weighted by Gasteiger charge is 2.04. The van der Waals surface area contributed by atoms with Crippen LogP contribution in [0.15, 0.2) is 33.5 Å². The highest BCUT2D eigenvalue weighted by atomic mass is 15.2. The highest BCUT2D eigenvalue weighted by molar-refractivity contribution is 5.81. The zero-order chi connectivity index (χ0) is 7.97. The lowest BCUT2D eigenvalue weighted by Crippen LogP contribution is -2.14. The third kappa shape index (κ3) is 0.625. The molecule has 0 radical (unpaired) electrons. The molecule has 2 aliphatic heterocycles. The number of benzene rings is 1. The van der Waals surface area contributed by atoms with Gasteiger partial charge in [0.1, 0.15) is 0 Å². The first-order valence-corrected chi connectivity index (χ1v) is 3.73. The van der Waals surface area contributed by atoms with Crippen LogP contribution in [-0.4, -0.2) is 6.21 Å². The van der Waals surface area contributed by atoms with E-state index < -0.39 is 0 Å². The molecule has 0 unspecified atom stereocenters. The molecular formula is C9H5N3. The van der Waals surface area contributed by atoms with E-state index in [0.29, 0.717) is 0 Å². The van der Waals surface area contributed by atoms with Crippen molar-refractivity contribution >= 4 is 12.3 Å². The van der Waals surface area contributed by atoms with Crippen LogP contribution in [-0.2, 0) is 0 Å². The largest absolute Gasteiger partial charge is 0.256 e. The quantitative estimate of drug-likeness (QED) is 0.515. The summed E-state index contributed by atoms with van der Waals surface area (Å²) in [5.41, 5.74) is 2.18. The Hall–Kier alpha value is -1.77. The van der Waals surface area contributed by atoms with Gasteiger partial charge in [-0.25, -0.2) is 0 Å². The minimum Gasteiger partial charge on any atom is -0.256 e. The minimum absolute atomic E-state index is 0.940. The van der Waals surface area contributed by atoms with Crippen LogP contribution in [0.1, 0.15) is 11.1 Å². The summed E-state index contributed by atoms with van der Waals surface area (Å²) in [6, 6.07) is 4.01. The second-order valence-corrected chi connectivity index (χ2v) is 2.76. The summed E-state index contributed by atoms with van der Waals surface area (Å²) >= 11 is 0. The number of hydrogen-bond donors (Lipinski definition) is 0. The van der Waals surface area contributed by atoms with Gasteiger partial charge in [-0.15, -0.1) is 0 Å². The number of hydrogen-bond acceptors (Lipinski definition) is 3. The van der Waals surface area contributed by atoms with E-state index >= 15 is 0 Å². The van der Waals surface area contributed by atoms with Gasteiger partial charge < -0.3 is 0 Å². The van der Waals surface area contributed by atoms with Gasteiger partial charge in [-0.2, -0.15) is 10.2 Å². The average Bonchev–Trinajstić information content (AvgIpc) is 2.64. The van der Waals surface area contributed by atoms with Gasteiger partial charge in [0.05, 0.1) is 16.9 Å². The van der Waals surface area contributed by atoms with Crippen LogP contribution in [0.5, 0.6) is 0 Å². The zero-order valence-corrected chi connectivity index (χ0v) is 6.23. The van der Waals surface area contributed by atoms with Crippen molar-refractivity contribution in [2.45, 2.75) is 0 Å². The summed E-state index contributed by atoms with van der Waals surface area (Å²) in [4.78, 5) is 4.19. The molecule has 3 nitrogen and oxygen atoms in total. The van der Waals surface area contributed by atoms with Gasteiger partial charge in [0.25, 0.3) is 0 Å². The molecule has 0 aromatic heterocycles. The SMILES string of the molecule is C1=Cc2cc3c(cc2=N1)C=NN=3. The topological polar surface area (TPSA) is 37.1 Å². The molecule has 2 heterocycles. The predicted octanol–water partition coefficient (Wildman–Crippen LogP) is 0.258. The van der Waals surface area contributed by atoms with Crippen molar-refractivity contribution in [1.29, 1.82) is 0 Å². The fourth-order valence-electron chi connectivity index (χ4n) is 1.40. The lowest BCUT2D eigenvalue weighted by atomic mass is 10.1. The van der Waals surface area contributed by atoms with Crippen LogP contribution >= 0.6 is 0 Å². The molecule has 0 saturated heterocycles. The Kier molecular flexibility index (Phi) is 0.913. The molecule has 3 heteroatoms. The standard InChI is InChI=1S/C9H5N3/c1-2-10-8-4-7-5-11-12-9(7)3-6(1)8/h1-5H. The smallest absolute Gasteiger partial charge is 0.0952 e. The minimum atomic E-state index is 0.940. The van der Waals surface area contributed by atoms with Crippen LogP contribution in [0.3, 0.4) is 0 Å². The van der Waals surface area contributed by atoms with Gasteiger partial charge >= 0.3 is 0 Å². The van der Waals surface area contributed by atoms with Gasteiger partial charge in [0, 0.05) is 17.3 Å². The van der Waals surface area contributed by atoms with Gasteiger partial charge in [0.2, 0.25) is 0 Å². The normalized spacial score (nSPS) is 15.3. The van der Waals surface area contributed by atoms with Crippen LogP contribution in [0.2, 0.25) is 0 Å².